The van der Waals surface area contributed by atoms with Gasteiger partial charge >= 0.3 is 0 Å². The molecule has 2 aromatic rings. The average molecular weight is 243 g/mol. The van der Waals surface area contributed by atoms with Gasteiger partial charge in [0, 0.05) is 16.6 Å². The third-order valence-corrected chi connectivity index (χ3v) is 3.45. The summed E-state index contributed by atoms with van der Waals surface area (Å²) >= 11 is 0. The Balaban J connectivity index is 2.50. The molecule has 1 aromatic heterocycles. The number of aryl methyl sites for hydroxylation is 1. The van der Waals surface area contributed by atoms with Gasteiger partial charge in [-0.05, 0) is 19.9 Å². The Morgan fingerprint density at radius 3 is 2.78 bits per heavy atom. The highest BCUT2D eigenvalue weighted by Gasteiger charge is 2.46. The van der Waals surface area contributed by atoms with E-state index in [4.69, 9.17) is 5.84 Å². The minimum Gasteiger partial charge on any atom is -0.366 e. The van der Waals surface area contributed by atoms with Gasteiger partial charge in [0.15, 0.2) is 5.72 Å². The van der Waals surface area contributed by atoms with Gasteiger partial charge < -0.3 is 5.11 Å². The van der Waals surface area contributed by atoms with Crippen molar-refractivity contribution in [2.75, 3.05) is 0 Å². The average Bonchev–Trinajstić information content (AvgIpc) is 2.51. The first-order valence-electron chi connectivity index (χ1n) is 5.66. The molecule has 92 valence electrons. The lowest BCUT2D eigenvalue weighted by Gasteiger charge is -2.26. The lowest BCUT2D eigenvalue weighted by Crippen LogP contribution is -2.46. The summed E-state index contributed by atoms with van der Waals surface area (Å²) < 4.78 is 0. The summed E-state index contributed by atoms with van der Waals surface area (Å²) in [6, 6.07) is 7.34. The molecule has 0 spiro atoms. The van der Waals surface area contributed by atoms with Gasteiger partial charge in [0.2, 0.25) is 0 Å². The van der Waals surface area contributed by atoms with E-state index in [9.17, 15) is 9.90 Å². The minimum atomic E-state index is -1.51. The van der Waals surface area contributed by atoms with Crippen molar-refractivity contribution < 1.29 is 9.90 Å². The zero-order valence-corrected chi connectivity index (χ0v) is 10.1. The molecule has 0 bridgehead atoms. The first kappa shape index (κ1) is 11.1. The maximum atomic E-state index is 12.2. The van der Waals surface area contributed by atoms with Crippen LogP contribution < -0.4 is 5.84 Å². The third-order valence-electron chi connectivity index (χ3n) is 3.45. The topological polar surface area (TPSA) is 79.5 Å². The summed E-state index contributed by atoms with van der Waals surface area (Å²) in [4.78, 5) is 16.6. The van der Waals surface area contributed by atoms with E-state index in [2.05, 4.69) is 4.98 Å². The van der Waals surface area contributed by atoms with E-state index in [1.807, 2.05) is 24.3 Å². The zero-order valence-electron chi connectivity index (χ0n) is 10.1. The Labute approximate surface area is 104 Å². The maximum Gasteiger partial charge on any atom is 0.271 e. The molecule has 0 saturated heterocycles. The fraction of sp³-hybridized carbons (Fsp3) is 0.231. The van der Waals surface area contributed by atoms with Crippen LogP contribution in [0.15, 0.2) is 24.3 Å². The highest BCUT2D eigenvalue weighted by atomic mass is 16.3. The molecule has 3 rings (SSSR count). The van der Waals surface area contributed by atoms with Crippen LogP contribution in [0.2, 0.25) is 0 Å². The molecule has 0 radical (unpaired) electrons. The Hall–Kier alpha value is -1.98. The summed E-state index contributed by atoms with van der Waals surface area (Å²) in [7, 11) is 0. The Morgan fingerprint density at radius 2 is 2.06 bits per heavy atom. The first-order valence-corrected chi connectivity index (χ1v) is 5.66. The molecule has 5 heteroatoms. The van der Waals surface area contributed by atoms with Gasteiger partial charge in [0.05, 0.1) is 11.1 Å². The van der Waals surface area contributed by atoms with Crippen molar-refractivity contribution in [2.24, 2.45) is 5.84 Å². The SMILES string of the molecule is Cc1nc2ccccc2c2c1C(C)(O)N(N)C2=O. The molecule has 1 aromatic carbocycles. The summed E-state index contributed by atoms with van der Waals surface area (Å²) in [6.07, 6.45) is 0. The summed E-state index contributed by atoms with van der Waals surface area (Å²) in [5, 5.41) is 11.9. The molecular weight excluding hydrogens is 230 g/mol. The predicted octanol–water partition coefficient (Wildman–Crippen LogP) is 1.04. The van der Waals surface area contributed by atoms with Crippen LogP contribution in [0.3, 0.4) is 0 Å². The number of pyridine rings is 1. The molecule has 2 heterocycles. The fourth-order valence-corrected chi connectivity index (χ4v) is 2.57. The van der Waals surface area contributed by atoms with Crippen LogP contribution in [0, 0.1) is 6.92 Å². The molecule has 1 amide bonds. The lowest BCUT2D eigenvalue weighted by molar-refractivity contribution is -0.0701. The van der Waals surface area contributed by atoms with Crippen LogP contribution in [0.5, 0.6) is 0 Å². The number of amides is 1. The molecule has 3 N–H and O–H groups in total. The quantitative estimate of drug-likeness (QED) is 0.535. The van der Waals surface area contributed by atoms with Crippen LogP contribution in [-0.2, 0) is 5.72 Å². The number of fused-ring (bicyclic) bond motifs is 3. The van der Waals surface area contributed by atoms with Crippen molar-refractivity contribution >= 4 is 16.8 Å². The zero-order chi connectivity index (χ0) is 13.1. The number of carbonyl (C=O) groups is 1. The number of aromatic nitrogens is 1. The van der Waals surface area contributed by atoms with E-state index in [0.29, 0.717) is 16.8 Å². The Kier molecular flexibility index (Phi) is 2.03. The fourth-order valence-electron chi connectivity index (χ4n) is 2.57. The van der Waals surface area contributed by atoms with Gasteiger partial charge in [0.25, 0.3) is 5.91 Å². The van der Waals surface area contributed by atoms with Crippen molar-refractivity contribution in [2.45, 2.75) is 19.6 Å². The maximum absolute atomic E-state index is 12.2. The number of carbonyl (C=O) groups excluding carboxylic acids is 1. The van der Waals surface area contributed by atoms with Crippen molar-refractivity contribution in [3.63, 3.8) is 0 Å². The largest absolute Gasteiger partial charge is 0.366 e. The minimum absolute atomic E-state index is 0.378. The summed E-state index contributed by atoms with van der Waals surface area (Å²) in [5.41, 5.74) is 0.788. The molecular formula is C13H13N3O2. The molecule has 1 aliphatic heterocycles. The molecule has 1 aliphatic rings. The normalized spacial score (nSPS) is 22.7. The second kappa shape index (κ2) is 3.28. The standard InChI is InChI=1S/C13H13N3O2/c1-7-11-10(12(17)16(14)13(11,2)18)8-5-3-4-6-9(8)15-7/h3-6,18H,14H2,1-2H3. The number of nitrogens with two attached hydrogens (primary N) is 1. The van der Waals surface area contributed by atoms with Crippen LogP contribution in [0.25, 0.3) is 10.9 Å². The summed E-state index contributed by atoms with van der Waals surface area (Å²) in [6.45, 7) is 3.27. The van der Waals surface area contributed by atoms with E-state index in [1.165, 1.54) is 6.92 Å². The monoisotopic (exact) mass is 243 g/mol. The highest BCUT2D eigenvalue weighted by Crippen LogP contribution is 2.39. The number of benzene rings is 1. The number of hydrazine groups is 1. The molecule has 18 heavy (non-hydrogen) atoms. The second-order valence-corrected chi connectivity index (χ2v) is 4.66. The van der Waals surface area contributed by atoms with Gasteiger partial charge in [-0.25, -0.2) is 10.9 Å². The number of hydrogen-bond donors (Lipinski definition) is 2. The third kappa shape index (κ3) is 1.17. The van der Waals surface area contributed by atoms with Crippen LogP contribution in [-0.4, -0.2) is 21.0 Å². The first-order chi connectivity index (χ1) is 8.44. The molecule has 1 unspecified atom stereocenters. The van der Waals surface area contributed by atoms with E-state index in [-0.39, 0.29) is 5.91 Å². The van der Waals surface area contributed by atoms with Gasteiger partial charge in [-0.1, -0.05) is 18.2 Å². The van der Waals surface area contributed by atoms with Gasteiger partial charge in [-0.2, -0.15) is 0 Å². The Morgan fingerprint density at radius 1 is 1.39 bits per heavy atom. The number of para-hydroxylation sites is 1. The van der Waals surface area contributed by atoms with Gasteiger partial charge in [-0.3, -0.25) is 9.78 Å². The van der Waals surface area contributed by atoms with E-state index < -0.39 is 5.72 Å². The van der Waals surface area contributed by atoms with Crippen molar-refractivity contribution in [1.82, 2.24) is 9.99 Å². The molecule has 0 aliphatic carbocycles. The van der Waals surface area contributed by atoms with Gasteiger partial charge in [0.1, 0.15) is 0 Å². The van der Waals surface area contributed by atoms with Crippen LogP contribution >= 0.6 is 0 Å². The van der Waals surface area contributed by atoms with Crippen LogP contribution in [0.1, 0.15) is 28.5 Å². The summed E-state index contributed by atoms with van der Waals surface area (Å²) in [5.74, 6) is 5.29. The van der Waals surface area contributed by atoms with Crippen molar-refractivity contribution in [3.05, 3.63) is 41.1 Å². The molecule has 0 saturated carbocycles. The Bertz CT molecular complexity index is 679. The lowest BCUT2D eigenvalue weighted by atomic mass is 9.98. The van der Waals surface area contributed by atoms with E-state index in [0.717, 1.165) is 15.9 Å². The smallest absolute Gasteiger partial charge is 0.271 e. The number of aliphatic hydroxyl groups is 1. The molecule has 5 nitrogen and oxygen atoms in total. The molecule has 1 atom stereocenters. The van der Waals surface area contributed by atoms with E-state index in [1.54, 1.807) is 6.92 Å². The van der Waals surface area contributed by atoms with Gasteiger partial charge in [-0.15, -0.1) is 0 Å². The van der Waals surface area contributed by atoms with Crippen LogP contribution in [0.4, 0.5) is 0 Å². The van der Waals surface area contributed by atoms with Crippen molar-refractivity contribution in [1.29, 1.82) is 0 Å². The van der Waals surface area contributed by atoms with E-state index >= 15 is 0 Å². The number of nitrogens with zero attached hydrogens (tertiary/aromatic N) is 2. The number of rotatable bonds is 0. The second-order valence-electron chi connectivity index (χ2n) is 4.66. The number of hydrogen-bond acceptors (Lipinski definition) is 4. The molecule has 0 fully saturated rings. The highest BCUT2D eigenvalue weighted by molar-refractivity contribution is 6.10. The van der Waals surface area contributed by atoms with Crippen molar-refractivity contribution in [3.8, 4) is 0 Å². The predicted molar refractivity (Wildman–Crippen MR) is 66.4 cm³/mol.